The van der Waals surface area contributed by atoms with Crippen LogP contribution in [0.5, 0.6) is 5.75 Å². The molecular formula is C25H19FN6O2S2. The molecule has 0 atom stereocenters. The molecule has 0 aliphatic heterocycles. The zero-order valence-electron chi connectivity index (χ0n) is 18.7. The van der Waals surface area contributed by atoms with Crippen LogP contribution in [0.3, 0.4) is 0 Å². The fraction of sp³-hybridized carbons (Fsp3) is 0.120. The van der Waals surface area contributed by atoms with Crippen molar-refractivity contribution in [2.45, 2.75) is 10.8 Å². The van der Waals surface area contributed by atoms with Crippen molar-refractivity contribution in [2.24, 2.45) is 0 Å². The minimum absolute atomic E-state index is 0.0338. The number of anilines is 3. The molecule has 0 saturated carbocycles. The molecule has 0 fully saturated rings. The van der Waals surface area contributed by atoms with Crippen molar-refractivity contribution in [3.8, 4) is 29.0 Å². The van der Waals surface area contributed by atoms with E-state index in [0.717, 1.165) is 11.4 Å². The Morgan fingerprint density at radius 1 is 1.06 bits per heavy atom. The highest BCUT2D eigenvalue weighted by atomic mass is 32.2. The second-order valence-electron chi connectivity index (χ2n) is 7.31. The molecule has 0 aliphatic carbocycles. The lowest BCUT2D eigenvalue weighted by Gasteiger charge is -2.13. The lowest BCUT2D eigenvalue weighted by Crippen LogP contribution is -2.04. The van der Waals surface area contributed by atoms with Crippen LogP contribution in [0, 0.1) is 28.5 Å². The molecule has 36 heavy (non-hydrogen) atoms. The van der Waals surface area contributed by atoms with Gasteiger partial charge in [-0.3, -0.25) is 0 Å². The average Bonchev–Trinajstić information content (AvgIpc) is 3.34. The van der Waals surface area contributed by atoms with Gasteiger partial charge >= 0.3 is 0 Å². The summed E-state index contributed by atoms with van der Waals surface area (Å²) in [5.74, 6) is 0.688. The Morgan fingerprint density at radius 2 is 1.78 bits per heavy atom. The molecule has 0 aliphatic rings. The van der Waals surface area contributed by atoms with E-state index >= 15 is 0 Å². The monoisotopic (exact) mass is 518 g/mol. The molecule has 0 spiro atoms. The minimum Gasteiger partial charge on any atom is -0.491 e. The highest BCUT2D eigenvalue weighted by molar-refractivity contribution is 7.98. The van der Waals surface area contributed by atoms with Crippen LogP contribution < -0.4 is 15.8 Å². The number of ether oxygens (including phenoxy) is 1. The zero-order valence-corrected chi connectivity index (χ0v) is 20.4. The van der Waals surface area contributed by atoms with Gasteiger partial charge in [0.15, 0.2) is 5.13 Å². The summed E-state index contributed by atoms with van der Waals surface area (Å²) in [4.78, 5) is 8.86. The Balaban J connectivity index is 1.57. The fourth-order valence-electron chi connectivity index (χ4n) is 3.30. The van der Waals surface area contributed by atoms with Crippen LogP contribution in [0.4, 0.5) is 21.0 Å². The number of nitrogen functional groups attached to an aromatic ring is 1. The largest absolute Gasteiger partial charge is 0.491 e. The molecule has 0 saturated heterocycles. The highest BCUT2D eigenvalue weighted by Crippen LogP contribution is 2.37. The smallest absolute Gasteiger partial charge is 0.187 e. The molecule has 2 aromatic carbocycles. The van der Waals surface area contributed by atoms with E-state index < -0.39 is 0 Å². The number of aromatic nitrogens is 2. The van der Waals surface area contributed by atoms with Gasteiger partial charge in [0.05, 0.1) is 17.9 Å². The summed E-state index contributed by atoms with van der Waals surface area (Å²) < 4.78 is 18.5. The highest BCUT2D eigenvalue weighted by Gasteiger charge is 2.21. The number of pyridine rings is 1. The standard InChI is InChI=1S/C25H19FN6O2S2/c26-16-3-5-17(6-4-16)30-25-31-18(14-36-25)13-35-24-21(12-28)22(20(11-27)23(29)32-24)15-1-7-19(8-2-15)34-10-9-33/h1-8,14,33H,9-10,13H2,(H2,29,32)(H,30,31). The topological polar surface area (TPSA) is 141 Å². The van der Waals surface area contributed by atoms with Crippen molar-refractivity contribution in [1.82, 2.24) is 9.97 Å². The summed E-state index contributed by atoms with van der Waals surface area (Å²) in [6, 6.07) is 17.1. The van der Waals surface area contributed by atoms with Gasteiger partial charge in [-0.1, -0.05) is 23.9 Å². The lowest BCUT2D eigenvalue weighted by atomic mass is 9.97. The van der Waals surface area contributed by atoms with Crippen molar-refractivity contribution in [1.29, 1.82) is 10.5 Å². The number of hydrogen-bond donors (Lipinski definition) is 3. The molecule has 8 nitrogen and oxygen atoms in total. The molecule has 4 aromatic rings. The van der Waals surface area contributed by atoms with Crippen molar-refractivity contribution < 1.29 is 14.2 Å². The Labute approximate surface area is 214 Å². The van der Waals surface area contributed by atoms with Gasteiger partial charge in [-0.2, -0.15) is 10.5 Å². The number of nitrogens with two attached hydrogens (primary N) is 1. The molecule has 0 bridgehead atoms. The number of aliphatic hydroxyl groups is 1. The van der Waals surface area contributed by atoms with Gasteiger partial charge in [0, 0.05) is 22.4 Å². The molecule has 0 amide bonds. The van der Waals surface area contributed by atoms with Crippen molar-refractivity contribution in [2.75, 3.05) is 24.3 Å². The number of thioether (sulfide) groups is 1. The summed E-state index contributed by atoms with van der Waals surface area (Å²) in [7, 11) is 0. The van der Waals surface area contributed by atoms with Crippen molar-refractivity contribution in [3.63, 3.8) is 0 Å². The van der Waals surface area contributed by atoms with Gasteiger partial charge in [-0.25, -0.2) is 14.4 Å². The van der Waals surface area contributed by atoms with Gasteiger partial charge in [0.25, 0.3) is 0 Å². The van der Waals surface area contributed by atoms with Crippen LogP contribution in [-0.2, 0) is 5.75 Å². The van der Waals surface area contributed by atoms with E-state index in [9.17, 15) is 14.9 Å². The number of nitrogens with one attached hydrogen (secondary N) is 1. The van der Waals surface area contributed by atoms with Crippen LogP contribution in [0.1, 0.15) is 16.8 Å². The molecule has 2 heterocycles. The van der Waals surface area contributed by atoms with Crippen LogP contribution in [0.15, 0.2) is 58.9 Å². The average molecular weight is 519 g/mol. The molecular weight excluding hydrogens is 499 g/mol. The third-order valence-corrected chi connectivity index (χ3v) is 6.74. The Morgan fingerprint density at radius 3 is 2.44 bits per heavy atom. The van der Waals surface area contributed by atoms with Crippen LogP contribution >= 0.6 is 23.1 Å². The molecule has 180 valence electrons. The van der Waals surface area contributed by atoms with Gasteiger partial charge in [-0.15, -0.1) is 11.3 Å². The van der Waals surface area contributed by atoms with Crippen LogP contribution in [0.2, 0.25) is 0 Å². The third kappa shape index (κ3) is 5.73. The van der Waals surface area contributed by atoms with E-state index in [0.29, 0.717) is 32.8 Å². The molecule has 0 radical (unpaired) electrons. The summed E-state index contributed by atoms with van der Waals surface area (Å²) in [5, 5.41) is 34.7. The second kappa shape index (κ2) is 11.5. The Hall–Kier alpha value is -4.16. The number of thiazole rings is 1. The second-order valence-corrected chi connectivity index (χ2v) is 9.13. The molecule has 4 rings (SSSR count). The SMILES string of the molecule is N#Cc1c(N)nc(SCc2csc(Nc3ccc(F)cc3)n2)c(C#N)c1-c1ccc(OCCO)cc1. The van der Waals surface area contributed by atoms with E-state index in [2.05, 4.69) is 27.4 Å². The number of rotatable bonds is 9. The fourth-order valence-corrected chi connectivity index (χ4v) is 5.03. The van der Waals surface area contributed by atoms with Gasteiger partial charge in [0.1, 0.15) is 46.7 Å². The van der Waals surface area contributed by atoms with E-state index in [-0.39, 0.29) is 36.0 Å². The number of aliphatic hydroxyl groups excluding tert-OH is 1. The summed E-state index contributed by atoms with van der Waals surface area (Å²) in [5.41, 5.74) is 8.97. The van der Waals surface area contributed by atoms with E-state index in [1.807, 2.05) is 5.38 Å². The van der Waals surface area contributed by atoms with E-state index in [1.54, 1.807) is 36.4 Å². The summed E-state index contributed by atoms with van der Waals surface area (Å²) in [6.07, 6.45) is 0. The zero-order chi connectivity index (χ0) is 25.5. The van der Waals surface area contributed by atoms with Crippen molar-refractivity contribution >= 4 is 39.7 Å². The maximum Gasteiger partial charge on any atom is 0.187 e. The lowest BCUT2D eigenvalue weighted by molar-refractivity contribution is 0.201. The first kappa shape index (κ1) is 24.9. The van der Waals surface area contributed by atoms with Crippen LogP contribution in [0.25, 0.3) is 11.1 Å². The number of benzene rings is 2. The molecule has 2 aromatic heterocycles. The number of nitrogens with zero attached hydrogens (tertiary/aromatic N) is 4. The third-order valence-electron chi connectivity index (χ3n) is 4.92. The maximum atomic E-state index is 13.1. The summed E-state index contributed by atoms with van der Waals surface area (Å²) >= 11 is 2.69. The summed E-state index contributed by atoms with van der Waals surface area (Å²) in [6.45, 7) is 0.0517. The first-order chi connectivity index (χ1) is 17.5. The number of nitriles is 2. The van der Waals surface area contributed by atoms with Crippen LogP contribution in [-0.4, -0.2) is 28.3 Å². The Bertz CT molecular complexity index is 1440. The van der Waals surface area contributed by atoms with E-state index in [4.69, 9.17) is 15.6 Å². The predicted octanol–water partition coefficient (Wildman–Crippen LogP) is 5.08. The first-order valence-electron chi connectivity index (χ1n) is 10.6. The maximum absolute atomic E-state index is 13.1. The van der Waals surface area contributed by atoms with Gasteiger partial charge < -0.3 is 20.9 Å². The van der Waals surface area contributed by atoms with E-state index in [1.165, 1.54) is 35.2 Å². The quantitative estimate of drug-likeness (QED) is 0.259. The van der Waals surface area contributed by atoms with Gasteiger partial charge in [-0.05, 0) is 42.0 Å². The van der Waals surface area contributed by atoms with Gasteiger partial charge in [0.2, 0.25) is 0 Å². The molecule has 4 N–H and O–H groups in total. The molecule has 11 heteroatoms. The normalized spacial score (nSPS) is 10.4. The predicted molar refractivity (Wildman–Crippen MR) is 137 cm³/mol. The molecule has 0 unspecified atom stereocenters. The number of hydrogen-bond acceptors (Lipinski definition) is 10. The minimum atomic E-state index is -0.315. The van der Waals surface area contributed by atoms with Crippen molar-refractivity contribution in [3.05, 3.63) is 76.5 Å². The Kier molecular flexibility index (Phi) is 7.98. The first-order valence-corrected chi connectivity index (χ1v) is 12.5. The number of halogens is 1.